The molecule has 114 valence electrons. The highest BCUT2D eigenvalue weighted by molar-refractivity contribution is 5.03. The molecule has 1 aliphatic rings. The fourth-order valence-corrected chi connectivity index (χ4v) is 2.66. The number of halogens is 3. The quantitative estimate of drug-likeness (QED) is 0.715. The van der Waals surface area contributed by atoms with Gasteiger partial charge in [0.25, 0.3) is 0 Å². The van der Waals surface area contributed by atoms with Gasteiger partial charge in [0.15, 0.2) is 0 Å². The molecule has 0 aromatic rings. The van der Waals surface area contributed by atoms with Gasteiger partial charge in [0.2, 0.25) is 0 Å². The Bertz CT molecular complexity index is 280. The van der Waals surface area contributed by atoms with E-state index in [0.29, 0.717) is 6.54 Å². The van der Waals surface area contributed by atoms with Crippen LogP contribution < -0.4 is 5.32 Å². The zero-order valence-electron chi connectivity index (χ0n) is 11.9. The number of aliphatic hydroxyl groups excluding tert-OH is 1. The molecule has 0 heterocycles. The normalized spacial score (nSPS) is 20.1. The van der Waals surface area contributed by atoms with E-state index in [0.717, 1.165) is 12.8 Å². The van der Waals surface area contributed by atoms with Crippen molar-refractivity contribution in [2.75, 3.05) is 26.2 Å². The highest BCUT2D eigenvalue weighted by atomic mass is 19.4. The maximum atomic E-state index is 12.5. The van der Waals surface area contributed by atoms with Crippen molar-refractivity contribution in [3.8, 4) is 0 Å². The lowest BCUT2D eigenvalue weighted by Gasteiger charge is -2.39. The van der Waals surface area contributed by atoms with Crippen LogP contribution in [-0.2, 0) is 0 Å². The minimum absolute atomic E-state index is 0.121. The van der Waals surface area contributed by atoms with Crippen molar-refractivity contribution in [3.63, 3.8) is 0 Å². The number of alkyl halides is 3. The van der Waals surface area contributed by atoms with Crippen LogP contribution in [0.1, 0.15) is 33.6 Å². The van der Waals surface area contributed by atoms with E-state index in [1.807, 2.05) is 13.8 Å². The van der Waals surface area contributed by atoms with Gasteiger partial charge in [-0.05, 0) is 25.3 Å². The Balaban J connectivity index is 2.74. The SMILES string of the molecule is CCN(CC(F)(F)F)CC(CO)(NC(C)C)C1CC1. The lowest BCUT2D eigenvalue weighted by Crippen LogP contribution is -2.60. The summed E-state index contributed by atoms with van der Waals surface area (Å²) >= 11 is 0. The van der Waals surface area contributed by atoms with Gasteiger partial charge in [0.05, 0.1) is 18.7 Å². The second kappa shape index (κ2) is 6.41. The first-order valence-corrected chi connectivity index (χ1v) is 6.90. The molecule has 1 atom stereocenters. The maximum Gasteiger partial charge on any atom is 0.401 e. The Kier molecular flexibility index (Phi) is 5.65. The van der Waals surface area contributed by atoms with E-state index in [-0.39, 0.29) is 25.1 Å². The van der Waals surface area contributed by atoms with E-state index < -0.39 is 18.3 Å². The van der Waals surface area contributed by atoms with Crippen LogP contribution in [-0.4, -0.2) is 54.0 Å². The summed E-state index contributed by atoms with van der Waals surface area (Å²) in [5.41, 5.74) is -0.602. The van der Waals surface area contributed by atoms with Crippen LogP contribution >= 0.6 is 0 Å². The summed E-state index contributed by atoms with van der Waals surface area (Å²) in [7, 11) is 0. The third kappa shape index (κ3) is 5.28. The van der Waals surface area contributed by atoms with Gasteiger partial charge in [-0.2, -0.15) is 13.2 Å². The van der Waals surface area contributed by atoms with Gasteiger partial charge in [0, 0.05) is 12.6 Å². The topological polar surface area (TPSA) is 35.5 Å². The van der Waals surface area contributed by atoms with E-state index >= 15 is 0 Å². The molecule has 0 radical (unpaired) electrons. The largest absolute Gasteiger partial charge is 0.401 e. The molecule has 0 saturated heterocycles. The van der Waals surface area contributed by atoms with Crippen molar-refractivity contribution < 1.29 is 18.3 Å². The summed E-state index contributed by atoms with van der Waals surface area (Å²) in [6.07, 6.45) is -2.24. The minimum Gasteiger partial charge on any atom is -0.394 e. The van der Waals surface area contributed by atoms with Crippen LogP contribution in [0, 0.1) is 5.92 Å². The van der Waals surface area contributed by atoms with Crippen LogP contribution in [0.15, 0.2) is 0 Å². The van der Waals surface area contributed by atoms with E-state index in [4.69, 9.17) is 0 Å². The summed E-state index contributed by atoms with van der Waals surface area (Å²) < 4.78 is 37.6. The molecule has 1 rings (SSSR count). The van der Waals surface area contributed by atoms with E-state index in [1.54, 1.807) is 6.92 Å². The lowest BCUT2D eigenvalue weighted by molar-refractivity contribution is -0.148. The fraction of sp³-hybridized carbons (Fsp3) is 1.00. The average Bonchev–Trinajstić information content (AvgIpc) is 3.08. The summed E-state index contributed by atoms with van der Waals surface area (Å²) in [6, 6.07) is 0.136. The lowest BCUT2D eigenvalue weighted by atomic mass is 9.92. The first kappa shape index (κ1) is 16.7. The molecule has 0 aromatic heterocycles. The molecule has 0 spiro atoms. The Morgan fingerprint density at radius 3 is 2.16 bits per heavy atom. The molecular formula is C13H25F3N2O. The first-order valence-electron chi connectivity index (χ1n) is 6.90. The number of hydrogen-bond donors (Lipinski definition) is 2. The first-order chi connectivity index (χ1) is 8.72. The smallest absolute Gasteiger partial charge is 0.394 e. The molecule has 2 N–H and O–H groups in total. The number of likely N-dealkylation sites (N-methyl/N-ethyl adjacent to an activating group) is 1. The van der Waals surface area contributed by atoms with Crippen molar-refractivity contribution in [3.05, 3.63) is 0 Å². The zero-order chi connectivity index (χ0) is 14.7. The highest BCUT2D eigenvalue weighted by Crippen LogP contribution is 2.40. The van der Waals surface area contributed by atoms with Gasteiger partial charge in [-0.15, -0.1) is 0 Å². The molecule has 3 nitrogen and oxygen atoms in total. The monoisotopic (exact) mass is 282 g/mol. The third-order valence-corrected chi connectivity index (χ3v) is 3.57. The van der Waals surface area contributed by atoms with Crippen molar-refractivity contribution in [2.24, 2.45) is 5.92 Å². The van der Waals surface area contributed by atoms with Gasteiger partial charge in [0.1, 0.15) is 0 Å². The Hall–Kier alpha value is -0.330. The van der Waals surface area contributed by atoms with Crippen molar-refractivity contribution in [1.82, 2.24) is 10.2 Å². The van der Waals surface area contributed by atoms with Gasteiger partial charge in [-0.3, -0.25) is 4.90 Å². The molecule has 0 aliphatic heterocycles. The molecule has 0 amide bonds. The zero-order valence-corrected chi connectivity index (χ0v) is 11.9. The molecule has 1 unspecified atom stereocenters. The van der Waals surface area contributed by atoms with Crippen molar-refractivity contribution in [2.45, 2.75) is 51.4 Å². The third-order valence-electron chi connectivity index (χ3n) is 3.57. The molecule has 19 heavy (non-hydrogen) atoms. The second-order valence-electron chi connectivity index (χ2n) is 5.81. The fourth-order valence-electron chi connectivity index (χ4n) is 2.66. The molecule has 6 heteroatoms. The molecular weight excluding hydrogens is 257 g/mol. The van der Waals surface area contributed by atoms with Crippen molar-refractivity contribution in [1.29, 1.82) is 0 Å². The maximum absolute atomic E-state index is 12.5. The predicted molar refractivity (Wildman–Crippen MR) is 69.0 cm³/mol. The van der Waals surface area contributed by atoms with E-state index in [9.17, 15) is 18.3 Å². The molecule has 1 fully saturated rings. The van der Waals surface area contributed by atoms with Crippen molar-refractivity contribution >= 4 is 0 Å². The number of rotatable bonds is 8. The standard InChI is InChI=1S/C13H25F3N2O/c1-4-18(8-13(14,15)16)7-12(9-19,11-5-6-11)17-10(2)3/h10-11,17,19H,4-9H2,1-3H3. The van der Waals surface area contributed by atoms with Crippen LogP contribution in [0.25, 0.3) is 0 Å². The summed E-state index contributed by atoms with van der Waals surface area (Å²) in [4.78, 5) is 1.36. The summed E-state index contributed by atoms with van der Waals surface area (Å²) in [5.74, 6) is 0.280. The van der Waals surface area contributed by atoms with Gasteiger partial charge in [-0.1, -0.05) is 20.8 Å². The molecule has 0 bridgehead atoms. The number of nitrogens with zero attached hydrogens (tertiary/aromatic N) is 1. The number of nitrogens with one attached hydrogen (secondary N) is 1. The second-order valence-corrected chi connectivity index (χ2v) is 5.81. The van der Waals surface area contributed by atoms with Crippen LogP contribution in [0.5, 0.6) is 0 Å². The van der Waals surface area contributed by atoms with Gasteiger partial charge in [-0.25, -0.2) is 0 Å². The molecule has 1 saturated carbocycles. The Morgan fingerprint density at radius 1 is 1.26 bits per heavy atom. The average molecular weight is 282 g/mol. The highest BCUT2D eigenvalue weighted by Gasteiger charge is 2.46. The summed E-state index contributed by atoms with van der Waals surface area (Å²) in [6.45, 7) is 5.15. The predicted octanol–water partition coefficient (Wildman–Crippen LogP) is 2.01. The van der Waals surface area contributed by atoms with Gasteiger partial charge < -0.3 is 10.4 Å². The van der Waals surface area contributed by atoms with E-state index in [2.05, 4.69) is 5.32 Å². The van der Waals surface area contributed by atoms with Gasteiger partial charge >= 0.3 is 6.18 Å². The summed E-state index contributed by atoms with van der Waals surface area (Å²) in [5, 5.41) is 13.0. The minimum atomic E-state index is -4.20. The van der Waals surface area contributed by atoms with Crippen LogP contribution in [0.2, 0.25) is 0 Å². The Morgan fingerprint density at radius 2 is 1.84 bits per heavy atom. The number of hydrogen-bond acceptors (Lipinski definition) is 3. The van der Waals surface area contributed by atoms with E-state index in [1.165, 1.54) is 4.90 Å². The molecule has 1 aliphatic carbocycles. The Labute approximate surface area is 113 Å². The number of aliphatic hydroxyl groups is 1. The molecule has 0 aromatic carbocycles. The van der Waals surface area contributed by atoms with Crippen LogP contribution in [0.3, 0.4) is 0 Å². The van der Waals surface area contributed by atoms with Crippen LogP contribution in [0.4, 0.5) is 13.2 Å².